The van der Waals surface area contributed by atoms with Gasteiger partial charge in [0.1, 0.15) is 0 Å². The molecule has 0 saturated carbocycles. The summed E-state index contributed by atoms with van der Waals surface area (Å²) in [6.45, 7) is 5.82. The second-order valence-corrected chi connectivity index (χ2v) is 5.67. The SMILES string of the molecule is CC(C)C(=O)Nc1cccc(NC(=O)CC2CNCCO2)c1. The number of carbonyl (C=O) groups excluding carboxylic acids is 2. The van der Waals surface area contributed by atoms with Crippen LogP contribution >= 0.6 is 0 Å². The number of amides is 2. The van der Waals surface area contributed by atoms with E-state index in [4.69, 9.17) is 4.74 Å². The van der Waals surface area contributed by atoms with Crippen LogP contribution in [0.4, 0.5) is 11.4 Å². The molecule has 2 amide bonds. The van der Waals surface area contributed by atoms with Gasteiger partial charge in [0, 0.05) is 30.4 Å². The van der Waals surface area contributed by atoms with Crippen molar-refractivity contribution >= 4 is 23.2 Å². The highest BCUT2D eigenvalue weighted by Gasteiger charge is 2.17. The average molecular weight is 305 g/mol. The summed E-state index contributed by atoms with van der Waals surface area (Å²) in [5.74, 6) is -0.236. The van der Waals surface area contributed by atoms with Crippen molar-refractivity contribution in [3.63, 3.8) is 0 Å². The van der Waals surface area contributed by atoms with E-state index in [0.29, 0.717) is 30.9 Å². The first-order valence-electron chi connectivity index (χ1n) is 7.57. The van der Waals surface area contributed by atoms with Crippen LogP contribution in [0.3, 0.4) is 0 Å². The van der Waals surface area contributed by atoms with Gasteiger partial charge in [0.25, 0.3) is 0 Å². The zero-order valence-corrected chi connectivity index (χ0v) is 13.0. The van der Waals surface area contributed by atoms with E-state index in [1.165, 1.54) is 0 Å². The molecule has 1 saturated heterocycles. The molecular weight excluding hydrogens is 282 g/mol. The Balaban J connectivity index is 1.89. The third kappa shape index (κ3) is 5.13. The zero-order chi connectivity index (χ0) is 15.9. The van der Waals surface area contributed by atoms with Crippen molar-refractivity contribution < 1.29 is 14.3 Å². The number of hydrogen-bond donors (Lipinski definition) is 3. The summed E-state index contributed by atoms with van der Waals surface area (Å²) in [4.78, 5) is 23.7. The van der Waals surface area contributed by atoms with Gasteiger partial charge in [-0.1, -0.05) is 19.9 Å². The molecule has 1 unspecified atom stereocenters. The molecule has 0 spiro atoms. The van der Waals surface area contributed by atoms with Crippen LogP contribution in [0.25, 0.3) is 0 Å². The van der Waals surface area contributed by atoms with Gasteiger partial charge in [-0.15, -0.1) is 0 Å². The normalized spacial score (nSPS) is 18.0. The van der Waals surface area contributed by atoms with Crippen molar-refractivity contribution in [2.75, 3.05) is 30.3 Å². The molecule has 3 N–H and O–H groups in total. The van der Waals surface area contributed by atoms with Crippen molar-refractivity contribution in [2.24, 2.45) is 5.92 Å². The quantitative estimate of drug-likeness (QED) is 0.772. The lowest BCUT2D eigenvalue weighted by Crippen LogP contribution is -2.40. The van der Waals surface area contributed by atoms with Gasteiger partial charge in [0.2, 0.25) is 11.8 Å². The number of anilines is 2. The third-order valence-corrected chi connectivity index (χ3v) is 3.36. The Bertz CT molecular complexity index is 525. The highest BCUT2D eigenvalue weighted by Crippen LogP contribution is 2.16. The van der Waals surface area contributed by atoms with Gasteiger partial charge >= 0.3 is 0 Å². The number of ether oxygens (including phenoxy) is 1. The summed E-state index contributed by atoms with van der Waals surface area (Å²) in [5.41, 5.74) is 1.34. The van der Waals surface area contributed by atoms with Gasteiger partial charge in [0.05, 0.1) is 19.1 Å². The molecule has 120 valence electrons. The summed E-state index contributed by atoms with van der Waals surface area (Å²) in [5, 5.41) is 8.84. The first-order chi connectivity index (χ1) is 10.5. The topological polar surface area (TPSA) is 79.5 Å². The van der Waals surface area contributed by atoms with Crippen LogP contribution < -0.4 is 16.0 Å². The maximum Gasteiger partial charge on any atom is 0.227 e. The van der Waals surface area contributed by atoms with Crippen LogP contribution in [0.1, 0.15) is 20.3 Å². The predicted molar refractivity (Wildman–Crippen MR) is 85.8 cm³/mol. The molecule has 6 heteroatoms. The van der Waals surface area contributed by atoms with Crippen molar-refractivity contribution in [3.8, 4) is 0 Å². The molecule has 2 rings (SSSR count). The van der Waals surface area contributed by atoms with Crippen LogP contribution in [-0.2, 0) is 14.3 Å². The van der Waals surface area contributed by atoms with E-state index in [0.717, 1.165) is 6.54 Å². The van der Waals surface area contributed by atoms with Gasteiger partial charge in [0.15, 0.2) is 0 Å². The Hall–Kier alpha value is -1.92. The first kappa shape index (κ1) is 16.5. The van der Waals surface area contributed by atoms with Crippen LogP contribution in [0, 0.1) is 5.92 Å². The van der Waals surface area contributed by atoms with Gasteiger partial charge in [-0.2, -0.15) is 0 Å². The molecule has 6 nitrogen and oxygen atoms in total. The van der Waals surface area contributed by atoms with Gasteiger partial charge < -0.3 is 20.7 Å². The van der Waals surface area contributed by atoms with Crippen molar-refractivity contribution in [3.05, 3.63) is 24.3 Å². The molecule has 1 heterocycles. The molecule has 1 atom stereocenters. The lowest BCUT2D eigenvalue weighted by atomic mass is 10.2. The number of carbonyl (C=O) groups is 2. The van der Waals surface area contributed by atoms with Gasteiger partial charge in [-0.25, -0.2) is 0 Å². The lowest BCUT2D eigenvalue weighted by molar-refractivity contribution is -0.120. The second kappa shape index (κ2) is 7.91. The molecule has 1 aromatic rings. The molecule has 0 aliphatic carbocycles. The largest absolute Gasteiger partial charge is 0.375 e. The van der Waals surface area contributed by atoms with Crippen LogP contribution in [-0.4, -0.2) is 37.6 Å². The minimum atomic E-state index is -0.0963. The van der Waals surface area contributed by atoms with Crippen molar-refractivity contribution in [1.29, 1.82) is 0 Å². The highest BCUT2D eigenvalue weighted by molar-refractivity contribution is 5.94. The predicted octanol–water partition coefficient (Wildman–Crippen LogP) is 1.60. The molecule has 1 aliphatic heterocycles. The standard InChI is InChI=1S/C16H23N3O3/c1-11(2)16(21)19-13-5-3-4-12(8-13)18-15(20)9-14-10-17-6-7-22-14/h3-5,8,11,14,17H,6-7,9-10H2,1-2H3,(H,18,20)(H,19,21). The van der Waals surface area contributed by atoms with E-state index in [1.54, 1.807) is 24.3 Å². The Morgan fingerprint density at radius 2 is 2.05 bits per heavy atom. The average Bonchev–Trinajstić information content (AvgIpc) is 2.48. The van der Waals surface area contributed by atoms with E-state index in [-0.39, 0.29) is 23.8 Å². The maximum atomic E-state index is 12.0. The van der Waals surface area contributed by atoms with E-state index < -0.39 is 0 Å². The third-order valence-electron chi connectivity index (χ3n) is 3.36. The number of hydrogen-bond acceptors (Lipinski definition) is 4. The van der Waals surface area contributed by atoms with Gasteiger partial charge in [-0.05, 0) is 18.2 Å². The second-order valence-electron chi connectivity index (χ2n) is 5.67. The number of benzene rings is 1. The van der Waals surface area contributed by atoms with Crippen molar-refractivity contribution in [2.45, 2.75) is 26.4 Å². The highest BCUT2D eigenvalue weighted by atomic mass is 16.5. The fourth-order valence-electron chi connectivity index (χ4n) is 2.13. The fourth-order valence-corrected chi connectivity index (χ4v) is 2.13. The molecule has 0 radical (unpaired) electrons. The minimum absolute atomic E-state index is 0.0508. The summed E-state index contributed by atoms with van der Waals surface area (Å²) in [7, 11) is 0. The molecule has 0 aromatic heterocycles. The molecule has 1 aromatic carbocycles. The summed E-state index contributed by atoms with van der Waals surface area (Å²) in [6.07, 6.45) is 0.229. The molecular formula is C16H23N3O3. The molecule has 22 heavy (non-hydrogen) atoms. The minimum Gasteiger partial charge on any atom is -0.375 e. The van der Waals surface area contributed by atoms with Crippen LogP contribution in [0.15, 0.2) is 24.3 Å². The summed E-state index contributed by atoms with van der Waals surface area (Å²) >= 11 is 0. The monoisotopic (exact) mass is 305 g/mol. The fraction of sp³-hybridized carbons (Fsp3) is 0.500. The number of nitrogens with one attached hydrogen (secondary N) is 3. The first-order valence-corrected chi connectivity index (χ1v) is 7.57. The molecule has 0 bridgehead atoms. The van der Waals surface area contributed by atoms with E-state index in [2.05, 4.69) is 16.0 Å². The lowest BCUT2D eigenvalue weighted by Gasteiger charge is -2.23. The zero-order valence-electron chi connectivity index (χ0n) is 13.0. The van der Waals surface area contributed by atoms with E-state index in [1.807, 2.05) is 13.8 Å². The molecule has 1 fully saturated rings. The summed E-state index contributed by atoms with van der Waals surface area (Å²) < 4.78 is 5.51. The van der Waals surface area contributed by atoms with Crippen LogP contribution in [0.2, 0.25) is 0 Å². The Kier molecular flexibility index (Phi) is 5.91. The van der Waals surface area contributed by atoms with E-state index >= 15 is 0 Å². The number of morpholine rings is 1. The smallest absolute Gasteiger partial charge is 0.227 e. The van der Waals surface area contributed by atoms with E-state index in [9.17, 15) is 9.59 Å². The molecule has 1 aliphatic rings. The van der Waals surface area contributed by atoms with Crippen molar-refractivity contribution in [1.82, 2.24) is 5.32 Å². The summed E-state index contributed by atoms with van der Waals surface area (Å²) in [6, 6.07) is 7.13. The Morgan fingerprint density at radius 1 is 1.32 bits per heavy atom. The maximum absolute atomic E-state index is 12.0. The van der Waals surface area contributed by atoms with Gasteiger partial charge in [-0.3, -0.25) is 9.59 Å². The van der Waals surface area contributed by atoms with Crippen LogP contribution in [0.5, 0.6) is 0 Å². The Labute approximate surface area is 130 Å². The number of rotatable bonds is 5. The Morgan fingerprint density at radius 3 is 2.68 bits per heavy atom.